The van der Waals surface area contributed by atoms with Crippen LogP contribution >= 0.6 is 11.6 Å². The highest BCUT2D eigenvalue weighted by Gasteiger charge is 2.30. The Balaban J connectivity index is 1.24. The van der Waals surface area contributed by atoms with Gasteiger partial charge in [-0.15, -0.1) is 0 Å². The quantitative estimate of drug-likeness (QED) is 0.235. The highest BCUT2D eigenvalue weighted by Crippen LogP contribution is 2.32. The van der Waals surface area contributed by atoms with E-state index in [1.165, 1.54) is 0 Å². The molecule has 2 aromatic heterocycles. The topological polar surface area (TPSA) is 121 Å². The molecule has 3 N–H and O–H groups in total. The van der Waals surface area contributed by atoms with Crippen LogP contribution < -0.4 is 4.74 Å². The Morgan fingerprint density at radius 2 is 1.73 bits per heavy atom. The molecule has 3 atom stereocenters. The molecular weight excluding hydrogens is 544 g/mol. The number of nitrogens with zero attached hydrogens (tertiary/aromatic N) is 3. The summed E-state index contributed by atoms with van der Waals surface area (Å²) in [5.74, 6) is -0.335. The van der Waals surface area contributed by atoms with Gasteiger partial charge in [-0.1, -0.05) is 60.1 Å². The number of imidazole rings is 1. The fourth-order valence-corrected chi connectivity index (χ4v) is 5.26. The average Bonchev–Trinajstić information content (AvgIpc) is 3.34. The molecule has 2 aromatic carbocycles. The Morgan fingerprint density at radius 1 is 1.05 bits per heavy atom. The number of halogens is 1. The maximum Gasteiger partial charge on any atom is 0.310 e. The second-order valence-electron chi connectivity index (χ2n) is 10.8. The van der Waals surface area contributed by atoms with Gasteiger partial charge in [0.25, 0.3) is 6.01 Å². The Labute approximate surface area is 244 Å². The zero-order chi connectivity index (χ0) is 28.9. The number of esters is 1. The fourth-order valence-electron chi connectivity index (χ4n) is 5.00. The molecule has 216 valence electrons. The zero-order valence-corrected chi connectivity index (χ0v) is 24.0. The fraction of sp³-hybridized carbons (Fsp3) is 0.387. The number of aromatic nitrogens is 3. The number of benzene rings is 2. The van der Waals surface area contributed by atoms with Crippen molar-refractivity contribution < 1.29 is 24.5 Å². The lowest BCUT2D eigenvalue weighted by Gasteiger charge is -2.31. The highest BCUT2D eigenvalue weighted by atomic mass is 35.5. The van der Waals surface area contributed by atoms with E-state index in [0.29, 0.717) is 53.9 Å². The van der Waals surface area contributed by atoms with E-state index >= 15 is 0 Å². The van der Waals surface area contributed by atoms with Crippen molar-refractivity contribution in [2.24, 2.45) is 5.92 Å². The van der Waals surface area contributed by atoms with E-state index < -0.39 is 6.10 Å². The molecule has 10 heteroatoms. The maximum atomic E-state index is 12.1. The van der Waals surface area contributed by atoms with E-state index in [2.05, 4.69) is 15.0 Å². The van der Waals surface area contributed by atoms with Crippen LogP contribution in [0.2, 0.25) is 5.02 Å². The number of likely N-dealkylation sites (N-methyl/N-ethyl adjacent to an activating group) is 1. The summed E-state index contributed by atoms with van der Waals surface area (Å²) in [7, 11) is 3.88. The predicted molar refractivity (Wildman–Crippen MR) is 158 cm³/mol. The first-order chi connectivity index (χ1) is 19.8. The number of pyridine rings is 1. The third kappa shape index (κ3) is 7.23. The van der Waals surface area contributed by atoms with Gasteiger partial charge < -0.3 is 29.6 Å². The first-order valence-corrected chi connectivity index (χ1v) is 14.2. The van der Waals surface area contributed by atoms with Crippen LogP contribution in [0.1, 0.15) is 24.8 Å². The van der Waals surface area contributed by atoms with Gasteiger partial charge in [-0.2, -0.15) is 4.98 Å². The van der Waals surface area contributed by atoms with Crippen LogP contribution in [0.5, 0.6) is 6.01 Å². The van der Waals surface area contributed by atoms with Crippen molar-refractivity contribution in [2.45, 2.75) is 37.9 Å². The number of aliphatic hydroxyl groups is 2. The molecule has 0 radical (unpaired) electrons. The lowest BCUT2D eigenvalue weighted by molar-refractivity contribution is -0.143. The summed E-state index contributed by atoms with van der Waals surface area (Å²) < 4.78 is 11.3. The van der Waals surface area contributed by atoms with Crippen molar-refractivity contribution in [1.82, 2.24) is 19.9 Å². The molecule has 1 aliphatic carbocycles. The number of rotatable bonds is 10. The molecule has 1 aliphatic rings. The Morgan fingerprint density at radius 3 is 2.39 bits per heavy atom. The molecule has 0 aliphatic heterocycles. The largest absolute Gasteiger partial charge is 0.464 e. The summed E-state index contributed by atoms with van der Waals surface area (Å²) in [5, 5.41) is 20.1. The van der Waals surface area contributed by atoms with Gasteiger partial charge in [-0.25, -0.2) is 4.98 Å². The lowest BCUT2D eigenvalue weighted by atomic mass is 9.85. The minimum atomic E-state index is -0.593. The summed E-state index contributed by atoms with van der Waals surface area (Å²) in [6.45, 7) is 1.06. The van der Waals surface area contributed by atoms with E-state index in [1.807, 2.05) is 67.5 Å². The molecule has 0 spiro atoms. The van der Waals surface area contributed by atoms with Crippen LogP contribution in [0.15, 0.2) is 54.6 Å². The van der Waals surface area contributed by atoms with E-state index in [-0.39, 0.29) is 31.0 Å². The second kappa shape index (κ2) is 13.0. The van der Waals surface area contributed by atoms with E-state index in [1.54, 1.807) is 6.07 Å². The monoisotopic (exact) mass is 578 g/mol. The minimum Gasteiger partial charge on any atom is -0.464 e. The van der Waals surface area contributed by atoms with Crippen molar-refractivity contribution in [2.75, 3.05) is 33.9 Å². The van der Waals surface area contributed by atoms with Gasteiger partial charge in [0.15, 0.2) is 5.65 Å². The van der Waals surface area contributed by atoms with E-state index in [4.69, 9.17) is 21.1 Å². The predicted octanol–water partition coefficient (Wildman–Crippen LogP) is 4.49. The first kappa shape index (κ1) is 29.0. The van der Waals surface area contributed by atoms with Crippen molar-refractivity contribution >= 4 is 28.7 Å². The summed E-state index contributed by atoms with van der Waals surface area (Å²) in [4.78, 5) is 26.4. The highest BCUT2D eigenvalue weighted by molar-refractivity contribution is 6.33. The number of nitrogens with one attached hydrogen (secondary N) is 1. The minimum absolute atomic E-state index is 0.0212. The molecular formula is C31H35ClN4O5. The number of ether oxygens (including phenoxy) is 2. The molecule has 5 rings (SSSR count). The number of hydrogen-bond donors (Lipinski definition) is 3. The standard InChI is InChI=1S/C31H35ClN4O5/c1-36(2)13-14-40-28(39)15-19-3-5-20(6-4-19)21-7-9-22(10-8-21)29-25(32)17-26-30(34-29)35-31(33-26)41-24-12-11-23(18-37)27(38)16-24/h3-10,17,23-24,27,37-38H,11-16,18H2,1-2H3,(H,33,34,35)/t23-,24+,27+/m1/s1. The average molecular weight is 579 g/mol. The van der Waals surface area contributed by atoms with Crippen molar-refractivity contribution in [3.8, 4) is 28.4 Å². The zero-order valence-electron chi connectivity index (χ0n) is 23.2. The number of carbonyl (C=O) groups is 1. The lowest BCUT2D eigenvalue weighted by Crippen LogP contribution is -2.36. The third-order valence-electron chi connectivity index (χ3n) is 7.42. The van der Waals surface area contributed by atoms with Crippen LogP contribution in [-0.2, 0) is 16.0 Å². The van der Waals surface area contributed by atoms with Crippen LogP contribution in [0.25, 0.3) is 33.5 Å². The summed E-state index contributed by atoms with van der Waals surface area (Å²) in [5.41, 5.74) is 5.59. The van der Waals surface area contributed by atoms with E-state index in [0.717, 1.165) is 28.7 Å². The van der Waals surface area contributed by atoms with Gasteiger partial charge in [0.2, 0.25) is 0 Å². The summed E-state index contributed by atoms with van der Waals surface area (Å²) >= 11 is 6.60. The molecule has 0 unspecified atom stereocenters. The number of aromatic amines is 1. The SMILES string of the molecule is CN(C)CCOC(=O)Cc1ccc(-c2ccc(-c3nc4nc(O[C@H]5CC[C@H](CO)[C@@H](O)C5)[nH]c4cc3Cl)cc2)cc1. The van der Waals surface area contributed by atoms with Gasteiger partial charge in [0.1, 0.15) is 12.7 Å². The Hall–Kier alpha value is -3.50. The van der Waals surface area contributed by atoms with Crippen molar-refractivity contribution in [1.29, 1.82) is 0 Å². The van der Waals surface area contributed by atoms with Gasteiger partial charge in [-0.05, 0) is 49.7 Å². The van der Waals surface area contributed by atoms with Crippen molar-refractivity contribution in [3.63, 3.8) is 0 Å². The molecule has 2 heterocycles. The molecule has 1 saturated carbocycles. The van der Waals surface area contributed by atoms with E-state index in [9.17, 15) is 15.0 Å². The summed E-state index contributed by atoms with van der Waals surface area (Å²) in [6, 6.07) is 18.0. The third-order valence-corrected chi connectivity index (χ3v) is 7.71. The maximum absolute atomic E-state index is 12.1. The number of hydrogen-bond acceptors (Lipinski definition) is 8. The smallest absolute Gasteiger partial charge is 0.310 e. The molecule has 41 heavy (non-hydrogen) atoms. The molecule has 9 nitrogen and oxygen atoms in total. The normalized spacial score (nSPS) is 19.0. The molecule has 0 saturated heterocycles. The Kier molecular flexibility index (Phi) is 9.19. The number of aliphatic hydroxyl groups excluding tert-OH is 2. The van der Waals surface area contributed by atoms with Crippen LogP contribution in [0, 0.1) is 5.92 Å². The number of carbonyl (C=O) groups excluding carboxylic acids is 1. The van der Waals surface area contributed by atoms with Gasteiger partial charge in [-0.3, -0.25) is 4.79 Å². The molecule has 0 amide bonds. The number of H-pyrrole nitrogens is 1. The van der Waals surface area contributed by atoms with Gasteiger partial charge >= 0.3 is 5.97 Å². The van der Waals surface area contributed by atoms with Gasteiger partial charge in [0.05, 0.1) is 28.8 Å². The van der Waals surface area contributed by atoms with Crippen LogP contribution in [-0.4, -0.2) is 82.1 Å². The first-order valence-electron chi connectivity index (χ1n) is 13.8. The Bertz CT molecular complexity index is 1470. The second-order valence-corrected chi connectivity index (χ2v) is 11.2. The van der Waals surface area contributed by atoms with Gasteiger partial charge in [0, 0.05) is 31.1 Å². The number of fused-ring (bicyclic) bond motifs is 1. The molecule has 0 bridgehead atoms. The van der Waals surface area contributed by atoms with Crippen molar-refractivity contribution in [3.05, 3.63) is 65.2 Å². The molecule has 4 aromatic rings. The molecule has 1 fully saturated rings. The van der Waals surface area contributed by atoms with Crippen LogP contribution in [0.4, 0.5) is 0 Å². The van der Waals surface area contributed by atoms with Crippen LogP contribution in [0.3, 0.4) is 0 Å². The summed E-state index contributed by atoms with van der Waals surface area (Å²) in [6.07, 6.45) is 1.34.